The summed E-state index contributed by atoms with van der Waals surface area (Å²) >= 11 is 2.57. The third-order valence-corrected chi connectivity index (χ3v) is 12.8. The molecular formula is C35H33N5O11S2. The quantitative estimate of drug-likeness (QED) is 0.0901. The number of aliphatic hydroxyl groups is 1. The molecule has 18 heteroatoms. The maximum atomic E-state index is 14.1. The standard InChI is InChI=1S/C35H33N5O11S2/c1-20(41)18-35(33(45)37-30(32(43)44)29(52-34(35)37)17-21-7-10-24(11-8-21)38(46)47)53-25-13-14-36(19-25)28(31(42)23-5-3-2-4-6-23)16-22-9-12-26(39(48)49)27(15-22)40(50)51/h2-12,15,20,25,28,34,41H,13-14,16-19H2,1H3,(H,43,44)/t20-,25-,28?,34+,35+/m0/s1. The lowest BCUT2D eigenvalue weighted by atomic mass is 9.90. The average Bonchev–Trinajstić information content (AvgIpc) is 3.73. The van der Waals surface area contributed by atoms with Crippen molar-refractivity contribution in [2.75, 3.05) is 13.1 Å². The van der Waals surface area contributed by atoms with Crippen LogP contribution in [-0.4, -0.2) is 93.0 Å². The molecule has 3 heterocycles. The number of carboxylic acid groups (broad SMARTS) is 1. The third kappa shape index (κ3) is 7.39. The first-order valence-corrected chi connectivity index (χ1v) is 18.3. The molecule has 5 atom stereocenters. The number of aliphatic hydroxyl groups excluding tert-OH is 1. The number of hydrogen-bond donors (Lipinski definition) is 2. The normalized spacial score (nSPS) is 22.2. The van der Waals surface area contributed by atoms with Gasteiger partial charge in [0.2, 0.25) is 5.91 Å². The molecular weight excluding hydrogens is 731 g/mol. The van der Waals surface area contributed by atoms with Crippen LogP contribution in [0.2, 0.25) is 0 Å². The molecule has 0 radical (unpaired) electrons. The minimum atomic E-state index is -1.29. The van der Waals surface area contributed by atoms with Gasteiger partial charge in [0, 0.05) is 59.5 Å². The molecule has 0 bridgehead atoms. The maximum Gasteiger partial charge on any atom is 0.353 e. The van der Waals surface area contributed by atoms with E-state index in [0.29, 0.717) is 41.1 Å². The number of ketones is 1. The lowest BCUT2D eigenvalue weighted by Crippen LogP contribution is -2.70. The van der Waals surface area contributed by atoms with Crippen LogP contribution in [0.5, 0.6) is 0 Å². The van der Waals surface area contributed by atoms with Gasteiger partial charge in [-0.1, -0.05) is 48.5 Å². The Hall–Kier alpha value is -5.17. The Labute approximate surface area is 310 Å². The molecule has 53 heavy (non-hydrogen) atoms. The zero-order valence-electron chi connectivity index (χ0n) is 28.1. The molecule has 16 nitrogen and oxygen atoms in total. The highest BCUT2D eigenvalue weighted by Crippen LogP contribution is 2.60. The second-order valence-electron chi connectivity index (χ2n) is 13.1. The molecule has 2 fully saturated rings. The highest BCUT2D eigenvalue weighted by atomic mass is 32.2. The van der Waals surface area contributed by atoms with Crippen LogP contribution in [-0.2, 0) is 22.4 Å². The number of non-ortho nitro benzene ring substituents is 1. The van der Waals surface area contributed by atoms with E-state index in [1.54, 1.807) is 37.3 Å². The number of carbonyl (C=O) groups excluding carboxylic acids is 2. The van der Waals surface area contributed by atoms with Crippen LogP contribution in [0, 0.1) is 30.3 Å². The van der Waals surface area contributed by atoms with Gasteiger partial charge in [-0.25, -0.2) is 4.79 Å². The number of aliphatic carboxylic acids is 1. The van der Waals surface area contributed by atoms with Crippen LogP contribution in [0.25, 0.3) is 0 Å². The first-order valence-electron chi connectivity index (χ1n) is 16.5. The number of amides is 1. The van der Waals surface area contributed by atoms with E-state index in [-0.39, 0.29) is 41.7 Å². The lowest BCUT2D eigenvalue weighted by Gasteiger charge is -2.53. The van der Waals surface area contributed by atoms with Gasteiger partial charge in [-0.2, -0.15) is 0 Å². The van der Waals surface area contributed by atoms with Crippen molar-refractivity contribution in [3.8, 4) is 0 Å². The van der Waals surface area contributed by atoms with E-state index in [4.69, 9.17) is 0 Å². The first kappa shape index (κ1) is 37.6. The van der Waals surface area contributed by atoms with Crippen molar-refractivity contribution < 1.29 is 39.4 Å². The summed E-state index contributed by atoms with van der Waals surface area (Å²) in [6, 6.07) is 17.0. The Morgan fingerprint density at radius 2 is 1.62 bits per heavy atom. The molecule has 0 saturated carbocycles. The number of β-lactam (4-membered cyclic amide) rings is 1. The maximum absolute atomic E-state index is 14.1. The van der Waals surface area contributed by atoms with Gasteiger partial charge in [0.05, 0.1) is 26.9 Å². The third-order valence-electron chi connectivity index (χ3n) is 9.50. The van der Waals surface area contributed by atoms with Crippen LogP contribution in [0.4, 0.5) is 17.1 Å². The minimum Gasteiger partial charge on any atom is -0.477 e. The average molecular weight is 764 g/mol. The van der Waals surface area contributed by atoms with Crippen LogP contribution in [0.15, 0.2) is 83.4 Å². The van der Waals surface area contributed by atoms with Crippen LogP contribution in [0.1, 0.15) is 41.3 Å². The SMILES string of the molecule is C[C@H](O)C[C@@]1(S[C@H]2CCN(C(Cc3ccc([N+](=O)[O-])c([N+](=O)[O-])c3)C(=O)c3ccccc3)C2)C(=O)N2C(C(=O)O)=C(Cc3ccc([N+](=O)[O-])cc3)S[C@@H]21. The van der Waals surface area contributed by atoms with Gasteiger partial charge in [-0.05, 0) is 37.3 Å². The van der Waals surface area contributed by atoms with Crippen molar-refractivity contribution in [2.45, 2.75) is 60.1 Å². The van der Waals surface area contributed by atoms with Crippen molar-refractivity contribution in [3.63, 3.8) is 0 Å². The number of carboxylic acids is 1. The molecule has 2 N–H and O–H groups in total. The van der Waals surface area contributed by atoms with Crippen molar-refractivity contribution in [2.24, 2.45) is 0 Å². The smallest absolute Gasteiger partial charge is 0.353 e. The number of Topliss-reactive ketones (excluding diaryl/α,β-unsaturated/α-hetero) is 1. The Bertz CT molecular complexity index is 2030. The summed E-state index contributed by atoms with van der Waals surface area (Å²) in [7, 11) is 0. The fourth-order valence-corrected chi connectivity index (χ4v) is 10.8. The Morgan fingerprint density at radius 1 is 0.962 bits per heavy atom. The van der Waals surface area contributed by atoms with Crippen molar-refractivity contribution in [3.05, 3.63) is 130 Å². The zero-order chi connectivity index (χ0) is 38.2. The highest BCUT2D eigenvalue weighted by Gasteiger charge is 2.67. The fourth-order valence-electron chi connectivity index (χ4n) is 7.14. The summed E-state index contributed by atoms with van der Waals surface area (Å²) in [5.74, 6) is -1.99. The molecule has 0 aromatic heterocycles. The molecule has 3 aliphatic rings. The van der Waals surface area contributed by atoms with Crippen molar-refractivity contribution >= 4 is 58.2 Å². The number of rotatable bonds is 15. The van der Waals surface area contributed by atoms with Gasteiger partial charge in [0.15, 0.2) is 5.78 Å². The Morgan fingerprint density at radius 3 is 2.23 bits per heavy atom. The number of thioether (sulfide) groups is 2. The monoisotopic (exact) mass is 763 g/mol. The number of fused-ring (bicyclic) bond motifs is 1. The van der Waals surface area contributed by atoms with E-state index in [9.17, 15) is 54.9 Å². The zero-order valence-corrected chi connectivity index (χ0v) is 29.7. The van der Waals surface area contributed by atoms with E-state index in [0.717, 1.165) is 12.1 Å². The van der Waals surface area contributed by atoms with E-state index in [1.165, 1.54) is 58.8 Å². The number of carbonyl (C=O) groups is 3. The number of nitro groups is 3. The summed E-state index contributed by atoms with van der Waals surface area (Å²) in [6.07, 6.45) is -0.195. The summed E-state index contributed by atoms with van der Waals surface area (Å²) in [5.41, 5.74) is -0.222. The summed E-state index contributed by atoms with van der Waals surface area (Å²) in [5, 5.41) is 54.1. The molecule has 3 aromatic carbocycles. The number of nitrogens with zero attached hydrogens (tertiary/aromatic N) is 5. The van der Waals surface area contributed by atoms with Gasteiger partial charge < -0.3 is 10.2 Å². The molecule has 1 amide bonds. The molecule has 2 saturated heterocycles. The molecule has 3 aliphatic heterocycles. The minimum absolute atomic E-state index is 0.0197. The summed E-state index contributed by atoms with van der Waals surface area (Å²) in [6.45, 7) is 2.30. The first-order chi connectivity index (χ1) is 25.2. The predicted molar refractivity (Wildman–Crippen MR) is 194 cm³/mol. The van der Waals surface area contributed by atoms with Crippen molar-refractivity contribution in [1.82, 2.24) is 9.80 Å². The summed E-state index contributed by atoms with van der Waals surface area (Å²) < 4.78 is -1.20. The molecule has 6 rings (SSSR count). The fraction of sp³-hybridized carbons (Fsp3) is 0.343. The Balaban J connectivity index is 1.25. The molecule has 0 spiro atoms. The highest BCUT2D eigenvalue weighted by molar-refractivity contribution is 8.07. The topological polar surface area (TPSA) is 228 Å². The molecule has 0 aliphatic carbocycles. The van der Waals surface area contributed by atoms with Gasteiger partial charge in [-0.3, -0.25) is 49.7 Å². The Kier molecular flexibility index (Phi) is 10.7. The number of nitro benzene ring substituents is 3. The van der Waals surface area contributed by atoms with Gasteiger partial charge in [0.25, 0.3) is 5.69 Å². The van der Waals surface area contributed by atoms with E-state index >= 15 is 0 Å². The van der Waals surface area contributed by atoms with Crippen LogP contribution >= 0.6 is 23.5 Å². The largest absolute Gasteiger partial charge is 0.477 e. The summed E-state index contributed by atoms with van der Waals surface area (Å²) in [4.78, 5) is 76.2. The van der Waals surface area contributed by atoms with Gasteiger partial charge in [-0.15, -0.1) is 23.5 Å². The number of allylic oxidation sites excluding steroid dienone is 1. The molecule has 1 unspecified atom stereocenters. The predicted octanol–water partition coefficient (Wildman–Crippen LogP) is 4.98. The second-order valence-corrected chi connectivity index (χ2v) is 15.9. The van der Waals surface area contributed by atoms with Crippen LogP contribution in [0.3, 0.4) is 0 Å². The van der Waals surface area contributed by atoms with E-state index in [2.05, 4.69) is 0 Å². The van der Waals surface area contributed by atoms with Gasteiger partial charge >= 0.3 is 17.3 Å². The molecule has 276 valence electrons. The number of likely N-dealkylation sites (tertiary alicyclic amines) is 1. The van der Waals surface area contributed by atoms with E-state index in [1.807, 2.05) is 4.90 Å². The molecule has 3 aromatic rings. The van der Waals surface area contributed by atoms with Crippen molar-refractivity contribution in [1.29, 1.82) is 0 Å². The lowest BCUT2D eigenvalue weighted by molar-refractivity contribution is -0.422. The number of benzene rings is 3. The number of hydrogen-bond acceptors (Lipinski definition) is 13. The van der Waals surface area contributed by atoms with E-state index < -0.39 is 60.3 Å². The van der Waals surface area contributed by atoms with Gasteiger partial charge in [0.1, 0.15) is 15.8 Å². The van der Waals surface area contributed by atoms with Crippen LogP contribution < -0.4 is 0 Å². The second kappa shape index (κ2) is 15.1.